The van der Waals surface area contributed by atoms with Crippen LogP contribution in [0.15, 0.2) is 24.4 Å². The smallest absolute Gasteiger partial charge is 0.337 e. The quantitative estimate of drug-likeness (QED) is 0.617. The highest BCUT2D eigenvalue weighted by Gasteiger charge is 2.55. The molecule has 5 rings (SSSR count). The van der Waals surface area contributed by atoms with Gasteiger partial charge in [-0.3, -0.25) is 4.79 Å². The van der Waals surface area contributed by atoms with Crippen molar-refractivity contribution in [2.45, 2.75) is 63.9 Å². The fourth-order valence-corrected chi connectivity index (χ4v) is 7.32. The Balaban J connectivity index is 1.30. The summed E-state index contributed by atoms with van der Waals surface area (Å²) in [5, 5.41) is 3.63. The van der Waals surface area contributed by atoms with E-state index in [0.717, 1.165) is 43.6 Å². The van der Waals surface area contributed by atoms with Crippen molar-refractivity contribution in [3.8, 4) is 0 Å². The van der Waals surface area contributed by atoms with Crippen molar-refractivity contribution in [1.29, 1.82) is 0 Å². The molecule has 2 heterocycles. The topological polar surface area (TPSA) is 77.5 Å². The predicted octanol–water partition coefficient (Wildman–Crippen LogP) is 5.12. The lowest BCUT2D eigenvalue weighted by Crippen LogP contribution is -2.46. The maximum Gasteiger partial charge on any atom is 0.337 e. The SMILES string of the molecule is COC(=O)c1ccc2c(c1)CC[C@H]1[C@@H]3[C@H](CCC(=O)Nc4ncc(C)s4)CO[C@@]3(C)CC[C@H]21. The van der Waals surface area contributed by atoms with Gasteiger partial charge in [-0.1, -0.05) is 6.07 Å². The van der Waals surface area contributed by atoms with Crippen molar-refractivity contribution < 1.29 is 19.1 Å². The molecule has 2 aliphatic carbocycles. The number of ether oxygens (including phenoxy) is 2. The second kappa shape index (κ2) is 8.84. The molecule has 1 aliphatic heterocycles. The highest BCUT2D eigenvalue weighted by atomic mass is 32.1. The minimum Gasteiger partial charge on any atom is -0.465 e. The van der Waals surface area contributed by atoms with Gasteiger partial charge in [0.1, 0.15) is 0 Å². The van der Waals surface area contributed by atoms with E-state index in [1.807, 2.05) is 19.1 Å². The number of fused-ring (bicyclic) bond motifs is 5. The Morgan fingerprint density at radius 2 is 2.18 bits per heavy atom. The number of hydrogen-bond donors (Lipinski definition) is 1. The summed E-state index contributed by atoms with van der Waals surface area (Å²) >= 11 is 1.51. The summed E-state index contributed by atoms with van der Waals surface area (Å²) in [5.74, 6) is 1.66. The van der Waals surface area contributed by atoms with Gasteiger partial charge < -0.3 is 14.8 Å². The van der Waals surface area contributed by atoms with E-state index in [1.165, 1.54) is 29.6 Å². The van der Waals surface area contributed by atoms with Crippen molar-refractivity contribution in [3.63, 3.8) is 0 Å². The van der Waals surface area contributed by atoms with Crippen LogP contribution >= 0.6 is 11.3 Å². The number of aromatic nitrogens is 1. The number of nitrogens with one attached hydrogen (secondary N) is 1. The molecule has 176 valence electrons. The number of hydrogen-bond acceptors (Lipinski definition) is 6. The predicted molar refractivity (Wildman–Crippen MR) is 128 cm³/mol. The summed E-state index contributed by atoms with van der Waals surface area (Å²) in [6.45, 7) is 5.01. The molecule has 1 aromatic carbocycles. The zero-order valence-corrected chi connectivity index (χ0v) is 20.4. The van der Waals surface area contributed by atoms with E-state index >= 15 is 0 Å². The Labute approximate surface area is 199 Å². The number of thiazole rings is 1. The third kappa shape index (κ3) is 4.21. The van der Waals surface area contributed by atoms with Crippen LogP contribution in [0.25, 0.3) is 0 Å². The normalized spacial score (nSPS) is 30.2. The molecule has 0 unspecified atom stereocenters. The number of anilines is 1. The second-order valence-corrected chi connectivity index (χ2v) is 11.3. The van der Waals surface area contributed by atoms with E-state index in [2.05, 4.69) is 23.3 Å². The molecule has 0 spiro atoms. The van der Waals surface area contributed by atoms with Crippen LogP contribution in [0.2, 0.25) is 0 Å². The summed E-state index contributed by atoms with van der Waals surface area (Å²) in [6, 6.07) is 6.09. The first-order chi connectivity index (χ1) is 15.9. The summed E-state index contributed by atoms with van der Waals surface area (Å²) < 4.78 is 11.3. The van der Waals surface area contributed by atoms with Gasteiger partial charge in [0.2, 0.25) is 5.91 Å². The minimum atomic E-state index is -0.272. The first kappa shape index (κ1) is 22.5. The molecule has 1 saturated heterocycles. The van der Waals surface area contributed by atoms with Crippen molar-refractivity contribution in [2.24, 2.45) is 17.8 Å². The molecule has 5 atom stereocenters. The van der Waals surface area contributed by atoms with Gasteiger partial charge in [0.05, 0.1) is 24.9 Å². The van der Waals surface area contributed by atoms with Gasteiger partial charge in [-0.15, -0.1) is 11.3 Å². The molecule has 33 heavy (non-hydrogen) atoms. The molecule has 6 nitrogen and oxygen atoms in total. The molecule has 1 N–H and O–H groups in total. The largest absolute Gasteiger partial charge is 0.465 e. The van der Waals surface area contributed by atoms with Gasteiger partial charge in [0.15, 0.2) is 5.13 Å². The molecule has 1 amide bonds. The van der Waals surface area contributed by atoms with E-state index in [-0.39, 0.29) is 17.5 Å². The summed E-state index contributed by atoms with van der Waals surface area (Å²) in [7, 11) is 1.43. The number of amides is 1. The van der Waals surface area contributed by atoms with Crippen LogP contribution in [-0.4, -0.2) is 36.2 Å². The Hall–Kier alpha value is -2.25. The number of benzene rings is 1. The number of rotatable bonds is 5. The van der Waals surface area contributed by atoms with Crippen molar-refractivity contribution in [2.75, 3.05) is 19.0 Å². The molecule has 2 fully saturated rings. The molecular formula is C26H32N2O4S. The average molecular weight is 469 g/mol. The molecule has 2 aromatic rings. The monoisotopic (exact) mass is 468 g/mol. The standard InChI is InChI=1S/C26H32N2O4S/c1-15-13-27-25(33-15)28-22(29)9-6-18-14-32-26(2)11-10-20-19-7-5-17(24(30)31-3)12-16(19)4-8-21(20)23(18)26/h5,7,12-13,18,20-21,23H,4,6,8-11,14H2,1-3H3,(H,27,28,29)/t18-,20-,21-,23+,26+/m1/s1. The lowest BCUT2D eigenvalue weighted by Gasteiger charge is -2.49. The molecular weight excluding hydrogens is 436 g/mol. The summed E-state index contributed by atoms with van der Waals surface area (Å²) in [5.41, 5.74) is 3.22. The number of aryl methyl sites for hydroxylation is 2. The zero-order valence-electron chi connectivity index (χ0n) is 19.6. The fourth-order valence-electron chi connectivity index (χ4n) is 6.64. The van der Waals surface area contributed by atoms with Crippen LogP contribution in [0.1, 0.15) is 71.3 Å². The first-order valence-corrected chi connectivity index (χ1v) is 12.8. The summed E-state index contributed by atoms with van der Waals surface area (Å²) in [6.07, 6.45) is 7.35. The van der Waals surface area contributed by atoms with Gasteiger partial charge in [0.25, 0.3) is 0 Å². The molecule has 7 heteroatoms. The van der Waals surface area contributed by atoms with Crippen molar-refractivity contribution in [3.05, 3.63) is 46.0 Å². The lowest BCUT2D eigenvalue weighted by atomic mass is 9.56. The van der Waals surface area contributed by atoms with Gasteiger partial charge in [-0.05, 0) is 92.9 Å². The van der Waals surface area contributed by atoms with Crippen LogP contribution in [-0.2, 0) is 20.7 Å². The number of esters is 1. The van der Waals surface area contributed by atoms with Gasteiger partial charge in [-0.2, -0.15) is 0 Å². The van der Waals surface area contributed by atoms with E-state index in [1.54, 1.807) is 6.20 Å². The fraction of sp³-hybridized carbons (Fsp3) is 0.577. The van der Waals surface area contributed by atoms with Crippen LogP contribution in [0.4, 0.5) is 5.13 Å². The van der Waals surface area contributed by atoms with Gasteiger partial charge >= 0.3 is 5.97 Å². The van der Waals surface area contributed by atoms with E-state index in [0.29, 0.717) is 40.8 Å². The van der Waals surface area contributed by atoms with Crippen LogP contribution in [0.5, 0.6) is 0 Å². The van der Waals surface area contributed by atoms with Crippen molar-refractivity contribution in [1.82, 2.24) is 4.98 Å². The first-order valence-electron chi connectivity index (χ1n) is 12.0. The maximum atomic E-state index is 12.6. The Kier molecular flexibility index (Phi) is 6.04. The van der Waals surface area contributed by atoms with E-state index in [9.17, 15) is 9.59 Å². The number of carbonyl (C=O) groups is 2. The third-order valence-electron chi connectivity index (χ3n) is 8.09. The highest BCUT2D eigenvalue weighted by molar-refractivity contribution is 7.15. The Bertz CT molecular complexity index is 1070. The number of methoxy groups -OCH3 is 1. The van der Waals surface area contributed by atoms with Crippen LogP contribution in [0, 0.1) is 24.7 Å². The van der Waals surface area contributed by atoms with Crippen LogP contribution < -0.4 is 5.32 Å². The number of nitrogens with zero attached hydrogens (tertiary/aromatic N) is 1. The zero-order chi connectivity index (χ0) is 23.2. The molecule has 3 aliphatic rings. The molecule has 0 bridgehead atoms. The van der Waals surface area contributed by atoms with Crippen molar-refractivity contribution >= 4 is 28.3 Å². The van der Waals surface area contributed by atoms with Gasteiger partial charge in [-0.25, -0.2) is 9.78 Å². The molecule has 0 radical (unpaired) electrons. The summed E-state index contributed by atoms with van der Waals surface area (Å²) in [4.78, 5) is 29.9. The second-order valence-electron chi connectivity index (χ2n) is 10.0. The number of carbonyl (C=O) groups excluding carboxylic acids is 2. The third-order valence-corrected chi connectivity index (χ3v) is 8.92. The lowest BCUT2D eigenvalue weighted by molar-refractivity contribution is -0.116. The van der Waals surface area contributed by atoms with Gasteiger partial charge in [0, 0.05) is 17.5 Å². The molecule has 1 saturated carbocycles. The highest BCUT2D eigenvalue weighted by Crippen LogP contribution is 2.58. The Morgan fingerprint density at radius 3 is 2.94 bits per heavy atom. The average Bonchev–Trinajstić information content (AvgIpc) is 3.38. The Morgan fingerprint density at radius 1 is 1.33 bits per heavy atom. The molecule has 1 aromatic heterocycles. The van der Waals surface area contributed by atoms with E-state index < -0.39 is 0 Å². The minimum absolute atomic E-state index is 0.0367. The van der Waals surface area contributed by atoms with E-state index in [4.69, 9.17) is 9.47 Å². The maximum absolute atomic E-state index is 12.6. The van der Waals surface area contributed by atoms with Crippen LogP contribution in [0.3, 0.4) is 0 Å².